The molecular weight excluding hydrogens is 276 g/mol. The van der Waals surface area contributed by atoms with Gasteiger partial charge in [0.25, 0.3) is 0 Å². The van der Waals surface area contributed by atoms with Crippen molar-refractivity contribution in [1.29, 1.82) is 0 Å². The zero-order valence-corrected chi connectivity index (χ0v) is 11.9. The van der Waals surface area contributed by atoms with Gasteiger partial charge in [-0.2, -0.15) is 5.10 Å². The van der Waals surface area contributed by atoms with E-state index in [0.29, 0.717) is 17.1 Å². The molecule has 0 aliphatic rings. The molecule has 0 aliphatic heterocycles. The predicted octanol–water partition coefficient (Wildman–Crippen LogP) is 2.59. The van der Waals surface area contributed by atoms with Crippen LogP contribution in [-0.2, 0) is 13.6 Å². The Hall–Kier alpha value is -2.14. The van der Waals surface area contributed by atoms with Crippen molar-refractivity contribution in [3.8, 4) is 0 Å². The van der Waals surface area contributed by atoms with E-state index >= 15 is 0 Å². The van der Waals surface area contributed by atoms with Gasteiger partial charge >= 0.3 is 0 Å². The van der Waals surface area contributed by atoms with Crippen LogP contribution in [0.5, 0.6) is 0 Å². The molecule has 0 radical (unpaired) electrons. The van der Waals surface area contributed by atoms with Crippen LogP contribution in [-0.4, -0.2) is 25.6 Å². The van der Waals surface area contributed by atoms with Gasteiger partial charge in [-0.15, -0.1) is 0 Å². The second-order valence-electron chi connectivity index (χ2n) is 4.67. The quantitative estimate of drug-likeness (QED) is 0.696. The van der Waals surface area contributed by atoms with Gasteiger partial charge < -0.3 is 4.57 Å². The molecule has 0 N–H and O–H groups in total. The van der Waals surface area contributed by atoms with Crippen LogP contribution in [0.3, 0.4) is 0 Å². The Bertz CT molecular complexity index is 803. The number of fused-ring (bicyclic) bond motifs is 1. The van der Waals surface area contributed by atoms with Crippen LogP contribution in [0.2, 0.25) is 5.02 Å². The first kappa shape index (κ1) is 12.9. The third kappa shape index (κ3) is 1.91. The van der Waals surface area contributed by atoms with E-state index in [9.17, 15) is 4.79 Å². The number of nitrogens with zero attached hydrogens (tertiary/aromatic N) is 4. The minimum atomic E-state index is 0.525. The average molecular weight is 289 g/mol. The summed E-state index contributed by atoms with van der Waals surface area (Å²) in [7, 11) is 1.86. The first-order valence-electron chi connectivity index (χ1n) is 6.19. The van der Waals surface area contributed by atoms with Gasteiger partial charge in [0.1, 0.15) is 5.65 Å². The highest BCUT2D eigenvalue weighted by molar-refractivity contribution is 6.31. The smallest absolute Gasteiger partial charge is 0.152 e. The van der Waals surface area contributed by atoms with Gasteiger partial charge in [0.05, 0.1) is 23.0 Å². The van der Waals surface area contributed by atoms with Gasteiger partial charge in [-0.25, -0.2) is 4.98 Å². The maximum atomic E-state index is 11.1. The lowest BCUT2D eigenvalue weighted by Gasteiger charge is -2.05. The molecule has 20 heavy (non-hydrogen) atoms. The summed E-state index contributed by atoms with van der Waals surface area (Å²) in [5.74, 6) is 0. The fourth-order valence-electron chi connectivity index (χ4n) is 2.38. The van der Waals surface area contributed by atoms with Gasteiger partial charge in [0.2, 0.25) is 0 Å². The number of rotatable bonds is 3. The topological polar surface area (TPSA) is 52.7 Å². The summed E-state index contributed by atoms with van der Waals surface area (Å²) in [6, 6.07) is 3.71. The molecule has 0 amide bonds. The molecule has 3 heterocycles. The molecule has 0 saturated heterocycles. The monoisotopic (exact) mass is 288 g/mol. The summed E-state index contributed by atoms with van der Waals surface area (Å²) < 4.78 is 3.68. The molecule has 5 nitrogen and oxygen atoms in total. The van der Waals surface area contributed by atoms with Crippen molar-refractivity contribution in [3.63, 3.8) is 0 Å². The minimum Gasteiger partial charge on any atom is -0.326 e. The Balaban J connectivity index is 2.13. The summed E-state index contributed by atoms with van der Waals surface area (Å²) in [6.07, 6.45) is 4.35. The molecule has 0 aromatic carbocycles. The van der Waals surface area contributed by atoms with Crippen LogP contribution >= 0.6 is 11.6 Å². The number of carbonyl (C=O) groups excluding carboxylic acids is 1. The van der Waals surface area contributed by atoms with Crippen molar-refractivity contribution < 1.29 is 4.79 Å². The molecule has 102 valence electrons. The zero-order valence-electron chi connectivity index (χ0n) is 11.2. The van der Waals surface area contributed by atoms with Gasteiger partial charge in [-0.05, 0) is 19.1 Å². The van der Waals surface area contributed by atoms with Crippen molar-refractivity contribution in [2.24, 2.45) is 7.05 Å². The first-order valence-corrected chi connectivity index (χ1v) is 6.56. The van der Waals surface area contributed by atoms with E-state index in [-0.39, 0.29) is 0 Å². The van der Waals surface area contributed by atoms with Gasteiger partial charge in [0, 0.05) is 30.4 Å². The van der Waals surface area contributed by atoms with Gasteiger partial charge in [-0.1, -0.05) is 11.6 Å². The highest BCUT2D eigenvalue weighted by Gasteiger charge is 2.14. The summed E-state index contributed by atoms with van der Waals surface area (Å²) in [5.41, 5.74) is 3.08. The van der Waals surface area contributed by atoms with Crippen molar-refractivity contribution in [3.05, 3.63) is 46.5 Å². The maximum Gasteiger partial charge on any atom is 0.152 e. The lowest BCUT2D eigenvalue weighted by molar-refractivity contribution is 0.112. The molecule has 3 rings (SSSR count). The summed E-state index contributed by atoms with van der Waals surface area (Å²) >= 11 is 6.27. The number of hydrogen-bond donors (Lipinski definition) is 0. The fraction of sp³-hybridized carbons (Fsp3) is 0.214. The minimum absolute atomic E-state index is 0.525. The number of carbonyl (C=O) groups is 1. The molecule has 0 unspecified atom stereocenters. The first-order chi connectivity index (χ1) is 9.61. The molecule has 0 fully saturated rings. The lowest BCUT2D eigenvalue weighted by atomic mass is 10.2. The van der Waals surface area contributed by atoms with Crippen LogP contribution in [0.25, 0.3) is 11.0 Å². The number of aryl methyl sites for hydroxylation is 2. The molecule has 0 aliphatic carbocycles. The van der Waals surface area contributed by atoms with Crippen LogP contribution in [0.4, 0.5) is 0 Å². The molecule has 0 bridgehead atoms. The molecule has 0 saturated carbocycles. The number of aromatic nitrogens is 4. The maximum absolute atomic E-state index is 11.1. The molecule has 0 spiro atoms. The van der Waals surface area contributed by atoms with Crippen molar-refractivity contribution >= 4 is 28.9 Å². The standard InChI is InChI=1S/C14H13ClN4O/c1-9-13(15)12(18(2)17-9)7-19-6-10(8-20)11-4-3-5-16-14(11)19/h3-6,8H,7H2,1-2H3. The number of pyridine rings is 1. The number of hydrogen-bond acceptors (Lipinski definition) is 3. The van der Waals surface area contributed by atoms with Crippen LogP contribution in [0, 0.1) is 6.92 Å². The molecule has 6 heteroatoms. The van der Waals surface area contributed by atoms with Gasteiger partial charge in [0.15, 0.2) is 6.29 Å². The highest BCUT2D eigenvalue weighted by atomic mass is 35.5. The predicted molar refractivity (Wildman–Crippen MR) is 77.2 cm³/mol. The van der Waals surface area contributed by atoms with E-state index in [0.717, 1.165) is 28.7 Å². The van der Waals surface area contributed by atoms with Crippen molar-refractivity contribution in [2.45, 2.75) is 13.5 Å². The Morgan fingerprint density at radius 2 is 2.25 bits per heavy atom. The summed E-state index contributed by atoms with van der Waals surface area (Å²) in [4.78, 5) is 15.5. The SMILES string of the molecule is Cc1nn(C)c(Cn2cc(C=O)c3cccnc32)c1Cl. The third-order valence-corrected chi connectivity index (χ3v) is 3.87. The van der Waals surface area contributed by atoms with Gasteiger partial charge in [-0.3, -0.25) is 9.48 Å². The van der Waals surface area contributed by atoms with Crippen LogP contribution in [0.15, 0.2) is 24.5 Å². The Morgan fingerprint density at radius 3 is 2.90 bits per heavy atom. The largest absolute Gasteiger partial charge is 0.326 e. The van der Waals surface area contributed by atoms with Crippen molar-refractivity contribution in [2.75, 3.05) is 0 Å². The lowest BCUT2D eigenvalue weighted by Crippen LogP contribution is -2.05. The molecule has 3 aromatic heterocycles. The zero-order chi connectivity index (χ0) is 14.3. The second kappa shape index (κ2) is 4.76. The molecule has 3 aromatic rings. The van der Waals surface area contributed by atoms with E-state index in [1.54, 1.807) is 17.1 Å². The molecule has 0 atom stereocenters. The summed E-state index contributed by atoms with van der Waals surface area (Å²) in [5, 5.41) is 5.79. The normalized spacial score (nSPS) is 11.2. The Labute approximate surface area is 120 Å². The van der Waals surface area contributed by atoms with Crippen molar-refractivity contribution in [1.82, 2.24) is 19.3 Å². The van der Waals surface area contributed by atoms with E-state index in [1.807, 2.05) is 30.7 Å². The third-order valence-electron chi connectivity index (χ3n) is 3.37. The second-order valence-corrected chi connectivity index (χ2v) is 5.05. The Morgan fingerprint density at radius 1 is 1.45 bits per heavy atom. The summed E-state index contributed by atoms with van der Waals surface area (Å²) in [6.45, 7) is 2.40. The molecular formula is C14H13ClN4O. The average Bonchev–Trinajstić information content (AvgIpc) is 2.92. The number of halogens is 1. The highest BCUT2D eigenvalue weighted by Crippen LogP contribution is 2.23. The van der Waals surface area contributed by atoms with E-state index in [1.165, 1.54) is 0 Å². The van der Waals surface area contributed by atoms with E-state index < -0.39 is 0 Å². The number of aldehydes is 1. The Kier molecular flexibility index (Phi) is 3.06. The van der Waals surface area contributed by atoms with E-state index in [2.05, 4.69) is 10.1 Å². The van der Waals surface area contributed by atoms with E-state index in [4.69, 9.17) is 11.6 Å². The van der Waals surface area contributed by atoms with Crippen LogP contribution in [0.1, 0.15) is 21.7 Å². The fourth-order valence-corrected chi connectivity index (χ4v) is 2.60. The van der Waals surface area contributed by atoms with Crippen LogP contribution < -0.4 is 0 Å².